The summed E-state index contributed by atoms with van der Waals surface area (Å²) in [5.41, 5.74) is 1.09. The molecular weight excluding hydrogens is 252 g/mol. The Balaban J connectivity index is 2.19. The summed E-state index contributed by atoms with van der Waals surface area (Å²) >= 11 is 5.80. The number of pyridine rings is 1. The Bertz CT molecular complexity index is 599. The molecule has 18 heavy (non-hydrogen) atoms. The number of aromatic nitrogens is 1. The van der Waals surface area contributed by atoms with Crippen LogP contribution >= 0.6 is 11.6 Å². The van der Waals surface area contributed by atoms with E-state index in [1.165, 1.54) is 12.3 Å². The van der Waals surface area contributed by atoms with Gasteiger partial charge in [0.2, 0.25) is 0 Å². The maximum Gasteiger partial charge on any atom is 0.256 e. The van der Waals surface area contributed by atoms with Crippen molar-refractivity contribution in [2.45, 2.75) is 6.92 Å². The van der Waals surface area contributed by atoms with Gasteiger partial charge in [0, 0.05) is 16.8 Å². The van der Waals surface area contributed by atoms with E-state index in [0.717, 1.165) is 0 Å². The van der Waals surface area contributed by atoms with E-state index in [-0.39, 0.29) is 11.7 Å². The average molecular weight is 263 g/mol. The molecule has 2 rings (SSSR count). The summed E-state index contributed by atoms with van der Waals surface area (Å²) in [7, 11) is 0. The van der Waals surface area contributed by atoms with E-state index < -0.39 is 0 Å². The first-order valence-electron chi connectivity index (χ1n) is 5.29. The number of halogens is 1. The second-order valence-electron chi connectivity index (χ2n) is 3.81. The third-order valence-electron chi connectivity index (χ3n) is 2.42. The maximum atomic E-state index is 11.9. The highest BCUT2D eigenvalue weighted by Crippen LogP contribution is 2.18. The van der Waals surface area contributed by atoms with Crippen molar-refractivity contribution in [2.75, 3.05) is 5.32 Å². The number of benzene rings is 1. The Hall–Kier alpha value is -2.07. The second kappa shape index (κ2) is 5.06. The smallest absolute Gasteiger partial charge is 0.256 e. The molecular formula is C13H11ClN2O2. The highest BCUT2D eigenvalue weighted by atomic mass is 35.5. The number of rotatable bonds is 2. The van der Waals surface area contributed by atoms with Gasteiger partial charge in [-0.1, -0.05) is 11.6 Å². The van der Waals surface area contributed by atoms with Crippen LogP contribution in [-0.2, 0) is 0 Å². The van der Waals surface area contributed by atoms with Gasteiger partial charge in [-0.2, -0.15) is 0 Å². The third kappa shape index (κ3) is 2.78. The van der Waals surface area contributed by atoms with Crippen LogP contribution in [0, 0.1) is 6.92 Å². The van der Waals surface area contributed by atoms with E-state index in [2.05, 4.69) is 10.3 Å². The monoisotopic (exact) mass is 262 g/mol. The third-order valence-corrected chi connectivity index (χ3v) is 2.66. The molecule has 0 aliphatic heterocycles. The van der Waals surface area contributed by atoms with Crippen LogP contribution in [0.2, 0.25) is 5.02 Å². The van der Waals surface area contributed by atoms with Crippen LogP contribution in [0.3, 0.4) is 0 Å². The molecule has 0 bridgehead atoms. The highest BCUT2D eigenvalue weighted by molar-refractivity contribution is 6.30. The lowest BCUT2D eigenvalue weighted by Crippen LogP contribution is -2.12. The summed E-state index contributed by atoms with van der Waals surface area (Å²) in [6, 6.07) is 7.82. The number of amides is 1. The fourth-order valence-electron chi connectivity index (χ4n) is 1.46. The molecule has 0 aliphatic rings. The number of phenols is 1. The summed E-state index contributed by atoms with van der Waals surface area (Å²) in [5.74, 6) is 0.249. The Morgan fingerprint density at radius 1 is 1.33 bits per heavy atom. The molecule has 0 spiro atoms. The van der Waals surface area contributed by atoms with E-state index >= 15 is 0 Å². The van der Waals surface area contributed by atoms with Crippen molar-refractivity contribution in [1.29, 1.82) is 0 Å². The first kappa shape index (κ1) is 12.4. The highest BCUT2D eigenvalue weighted by Gasteiger charge is 2.08. The first-order chi connectivity index (χ1) is 8.56. The minimum atomic E-state index is -0.298. The van der Waals surface area contributed by atoms with Crippen LogP contribution < -0.4 is 5.32 Å². The van der Waals surface area contributed by atoms with Gasteiger partial charge in [0.1, 0.15) is 11.6 Å². The molecule has 1 aromatic heterocycles. The molecule has 0 aliphatic carbocycles. The molecule has 92 valence electrons. The summed E-state index contributed by atoms with van der Waals surface area (Å²) in [6.07, 6.45) is 1.51. The Kier molecular flexibility index (Phi) is 3.48. The Morgan fingerprint density at radius 3 is 2.78 bits per heavy atom. The average Bonchev–Trinajstić information content (AvgIpc) is 2.32. The molecule has 2 N–H and O–H groups in total. The van der Waals surface area contributed by atoms with Crippen LogP contribution in [0.1, 0.15) is 15.9 Å². The minimum Gasteiger partial charge on any atom is -0.508 e. The largest absolute Gasteiger partial charge is 0.508 e. The van der Waals surface area contributed by atoms with Crippen molar-refractivity contribution in [1.82, 2.24) is 4.98 Å². The van der Waals surface area contributed by atoms with Crippen molar-refractivity contribution < 1.29 is 9.90 Å². The van der Waals surface area contributed by atoms with E-state index in [0.29, 0.717) is 22.0 Å². The number of hydrogen-bond acceptors (Lipinski definition) is 3. The minimum absolute atomic E-state index is 0.160. The first-order valence-corrected chi connectivity index (χ1v) is 5.66. The van der Waals surface area contributed by atoms with Gasteiger partial charge in [-0.15, -0.1) is 0 Å². The van der Waals surface area contributed by atoms with Crippen LogP contribution in [0.15, 0.2) is 36.5 Å². The van der Waals surface area contributed by atoms with E-state index in [1.54, 1.807) is 31.2 Å². The molecule has 5 heteroatoms. The summed E-state index contributed by atoms with van der Waals surface area (Å²) < 4.78 is 0. The van der Waals surface area contributed by atoms with Gasteiger partial charge in [0.25, 0.3) is 5.91 Å². The normalized spacial score (nSPS) is 10.1. The van der Waals surface area contributed by atoms with Crippen LogP contribution in [0.25, 0.3) is 0 Å². The molecule has 0 unspecified atom stereocenters. The molecule has 0 saturated carbocycles. The van der Waals surface area contributed by atoms with Gasteiger partial charge in [0.05, 0.1) is 0 Å². The summed E-state index contributed by atoms with van der Waals surface area (Å²) in [4.78, 5) is 15.9. The van der Waals surface area contributed by atoms with Crippen molar-refractivity contribution in [3.8, 4) is 5.75 Å². The van der Waals surface area contributed by atoms with Gasteiger partial charge in [-0.3, -0.25) is 4.79 Å². The van der Waals surface area contributed by atoms with Crippen molar-refractivity contribution in [3.63, 3.8) is 0 Å². The Labute approximate surface area is 109 Å². The molecule has 0 fully saturated rings. The zero-order valence-corrected chi connectivity index (χ0v) is 10.4. The SMILES string of the molecule is Cc1cc(C(=O)Nc2cc(Cl)ccn2)ccc1O. The number of nitrogens with zero attached hydrogens (tertiary/aromatic N) is 1. The van der Waals surface area contributed by atoms with Gasteiger partial charge in [-0.05, 0) is 42.8 Å². The predicted molar refractivity (Wildman–Crippen MR) is 70.0 cm³/mol. The molecule has 1 amide bonds. The van der Waals surface area contributed by atoms with Crippen LogP contribution in [0.5, 0.6) is 5.75 Å². The van der Waals surface area contributed by atoms with Gasteiger partial charge in [-0.25, -0.2) is 4.98 Å². The molecule has 2 aromatic rings. The lowest BCUT2D eigenvalue weighted by atomic mass is 10.1. The van der Waals surface area contributed by atoms with Gasteiger partial charge >= 0.3 is 0 Å². The standard InChI is InChI=1S/C13H11ClN2O2/c1-8-6-9(2-3-11(8)17)13(18)16-12-7-10(14)4-5-15-12/h2-7,17H,1H3,(H,15,16,18). The predicted octanol–water partition coefficient (Wildman–Crippen LogP) is 3.00. The van der Waals surface area contributed by atoms with E-state index in [9.17, 15) is 9.90 Å². The van der Waals surface area contributed by atoms with Crippen LogP contribution in [0.4, 0.5) is 5.82 Å². The number of hydrogen-bond donors (Lipinski definition) is 2. The fraction of sp³-hybridized carbons (Fsp3) is 0.0769. The van der Waals surface area contributed by atoms with Crippen molar-refractivity contribution in [3.05, 3.63) is 52.7 Å². The fourth-order valence-corrected chi connectivity index (χ4v) is 1.62. The maximum absolute atomic E-state index is 11.9. The molecule has 1 heterocycles. The molecule has 0 radical (unpaired) electrons. The number of aromatic hydroxyl groups is 1. The molecule has 0 atom stereocenters. The topological polar surface area (TPSA) is 62.2 Å². The Morgan fingerprint density at radius 2 is 2.11 bits per heavy atom. The molecule has 0 saturated heterocycles. The number of nitrogens with one attached hydrogen (secondary N) is 1. The number of anilines is 1. The van der Waals surface area contributed by atoms with Gasteiger partial charge in [0.15, 0.2) is 0 Å². The lowest BCUT2D eigenvalue weighted by molar-refractivity contribution is 0.102. The van der Waals surface area contributed by atoms with E-state index in [4.69, 9.17) is 11.6 Å². The zero-order valence-electron chi connectivity index (χ0n) is 9.64. The number of carbonyl (C=O) groups excluding carboxylic acids is 1. The lowest BCUT2D eigenvalue weighted by Gasteiger charge is -2.06. The zero-order chi connectivity index (χ0) is 13.1. The van der Waals surface area contributed by atoms with Crippen molar-refractivity contribution in [2.24, 2.45) is 0 Å². The number of phenolic OH excluding ortho intramolecular Hbond substituents is 1. The summed E-state index contributed by atoms with van der Waals surface area (Å²) in [5, 5.41) is 12.5. The second-order valence-corrected chi connectivity index (χ2v) is 4.25. The van der Waals surface area contributed by atoms with E-state index in [1.807, 2.05) is 0 Å². The molecule has 1 aromatic carbocycles. The van der Waals surface area contributed by atoms with Crippen LogP contribution in [-0.4, -0.2) is 16.0 Å². The molecule has 4 nitrogen and oxygen atoms in total. The number of carbonyl (C=O) groups is 1. The van der Waals surface area contributed by atoms with Crippen molar-refractivity contribution >= 4 is 23.3 Å². The summed E-state index contributed by atoms with van der Waals surface area (Å²) in [6.45, 7) is 1.73. The number of aryl methyl sites for hydroxylation is 1. The van der Waals surface area contributed by atoms with Gasteiger partial charge < -0.3 is 10.4 Å². The quantitative estimate of drug-likeness (QED) is 0.875.